The number of carbonyl (C=O) groups excluding carboxylic acids is 1. The Balaban J connectivity index is 1.33. The van der Waals surface area contributed by atoms with Gasteiger partial charge in [-0.25, -0.2) is 0 Å². The second-order valence-corrected chi connectivity index (χ2v) is 7.89. The number of hydrogen-bond donors (Lipinski definition) is 0. The Morgan fingerprint density at radius 2 is 1.90 bits per heavy atom. The molecule has 8 heteroatoms. The van der Waals surface area contributed by atoms with Gasteiger partial charge in [-0.2, -0.15) is 4.52 Å². The van der Waals surface area contributed by atoms with Crippen LogP contribution in [0.4, 0.5) is 5.82 Å². The molecule has 0 spiro atoms. The third-order valence-corrected chi connectivity index (χ3v) is 5.73. The standard InChI is InChI=1S/C22H23N7O/c1-27(2)20-8-7-19-24-25-21(29(19)26-20)15-9-12-28(13-10-15)22(30)17-5-6-18-16(14-17)4-3-11-23-18/h3-8,11,14-15H,9-10,12-13H2,1-2H3. The topological polar surface area (TPSA) is 79.5 Å². The molecule has 0 aliphatic carbocycles. The minimum absolute atomic E-state index is 0.0679. The van der Waals surface area contributed by atoms with E-state index in [0.29, 0.717) is 18.7 Å². The number of hydrogen-bond acceptors (Lipinski definition) is 6. The molecule has 0 unspecified atom stereocenters. The van der Waals surface area contributed by atoms with Crippen LogP contribution >= 0.6 is 0 Å². The van der Waals surface area contributed by atoms with E-state index in [0.717, 1.165) is 41.0 Å². The van der Waals surface area contributed by atoms with Crippen LogP contribution in [0.2, 0.25) is 0 Å². The zero-order chi connectivity index (χ0) is 20.7. The summed E-state index contributed by atoms with van der Waals surface area (Å²) >= 11 is 0. The molecule has 1 saturated heterocycles. The summed E-state index contributed by atoms with van der Waals surface area (Å²) in [6.45, 7) is 1.38. The van der Waals surface area contributed by atoms with Gasteiger partial charge in [0.05, 0.1) is 5.52 Å². The van der Waals surface area contributed by atoms with Crippen LogP contribution in [0.15, 0.2) is 48.7 Å². The molecule has 4 aromatic rings. The first-order valence-electron chi connectivity index (χ1n) is 10.1. The average Bonchev–Trinajstić information content (AvgIpc) is 3.21. The normalized spacial score (nSPS) is 15.1. The van der Waals surface area contributed by atoms with Crippen molar-refractivity contribution in [2.24, 2.45) is 0 Å². The highest BCUT2D eigenvalue weighted by Crippen LogP contribution is 2.28. The quantitative estimate of drug-likeness (QED) is 0.525. The summed E-state index contributed by atoms with van der Waals surface area (Å²) in [6.07, 6.45) is 3.45. The van der Waals surface area contributed by atoms with Gasteiger partial charge in [-0.3, -0.25) is 9.78 Å². The lowest BCUT2D eigenvalue weighted by molar-refractivity contribution is 0.0711. The Morgan fingerprint density at radius 1 is 1.07 bits per heavy atom. The average molecular weight is 401 g/mol. The van der Waals surface area contributed by atoms with Gasteiger partial charge >= 0.3 is 0 Å². The molecule has 0 atom stereocenters. The molecule has 1 amide bonds. The molecule has 4 heterocycles. The summed E-state index contributed by atoms with van der Waals surface area (Å²) in [5.74, 6) is 2.03. The maximum atomic E-state index is 13.0. The van der Waals surface area contributed by atoms with E-state index in [1.165, 1.54) is 0 Å². The fourth-order valence-electron chi connectivity index (χ4n) is 4.02. The number of amides is 1. The van der Waals surface area contributed by atoms with Crippen LogP contribution in [-0.4, -0.2) is 62.8 Å². The lowest BCUT2D eigenvalue weighted by Crippen LogP contribution is -2.38. The Hall–Kier alpha value is -3.55. The molecule has 1 aliphatic heterocycles. The van der Waals surface area contributed by atoms with Gasteiger partial charge in [0.2, 0.25) is 0 Å². The van der Waals surface area contributed by atoms with Crippen LogP contribution in [0.25, 0.3) is 16.6 Å². The maximum absolute atomic E-state index is 13.0. The number of rotatable bonds is 3. The highest BCUT2D eigenvalue weighted by atomic mass is 16.2. The van der Waals surface area contributed by atoms with Gasteiger partial charge < -0.3 is 9.80 Å². The lowest BCUT2D eigenvalue weighted by Gasteiger charge is -2.31. The summed E-state index contributed by atoms with van der Waals surface area (Å²) in [4.78, 5) is 21.2. The van der Waals surface area contributed by atoms with E-state index in [-0.39, 0.29) is 11.8 Å². The summed E-state index contributed by atoms with van der Waals surface area (Å²) in [5.41, 5.74) is 2.36. The molecule has 1 aliphatic rings. The number of fused-ring (bicyclic) bond motifs is 2. The van der Waals surface area contributed by atoms with E-state index in [9.17, 15) is 4.79 Å². The number of benzene rings is 1. The summed E-state index contributed by atoms with van der Waals surface area (Å²) in [7, 11) is 3.93. The van der Waals surface area contributed by atoms with Gasteiger partial charge in [0, 0.05) is 50.2 Å². The third-order valence-electron chi connectivity index (χ3n) is 5.73. The Labute approximate surface area is 174 Å². The van der Waals surface area contributed by atoms with E-state index in [1.807, 2.05) is 70.9 Å². The van der Waals surface area contributed by atoms with Crippen LogP contribution in [0.5, 0.6) is 0 Å². The van der Waals surface area contributed by atoms with Crippen molar-refractivity contribution < 1.29 is 4.79 Å². The predicted molar refractivity (Wildman–Crippen MR) is 115 cm³/mol. The van der Waals surface area contributed by atoms with Crippen LogP contribution in [0.3, 0.4) is 0 Å². The van der Waals surface area contributed by atoms with E-state index in [4.69, 9.17) is 0 Å². The fraction of sp³-hybridized carbons (Fsp3) is 0.318. The van der Waals surface area contributed by atoms with E-state index in [1.54, 1.807) is 6.20 Å². The molecule has 5 rings (SSSR count). The molecule has 0 bridgehead atoms. The second kappa shape index (κ2) is 7.37. The predicted octanol–water partition coefficient (Wildman–Crippen LogP) is 2.76. The molecular formula is C22H23N7O. The fourth-order valence-corrected chi connectivity index (χ4v) is 4.02. The maximum Gasteiger partial charge on any atom is 0.253 e. The van der Waals surface area contributed by atoms with E-state index < -0.39 is 0 Å². The number of nitrogens with zero attached hydrogens (tertiary/aromatic N) is 7. The van der Waals surface area contributed by atoms with Crippen molar-refractivity contribution in [1.29, 1.82) is 0 Å². The zero-order valence-corrected chi connectivity index (χ0v) is 17.1. The van der Waals surface area contributed by atoms with Crippen LogP contribution in [0.1, 0.15) is 34.9 Å². The first-order valence-corrected chi connectivity index (χ1v) is 10.1. The minimum Gasteiger partial charge on any atom is -0.361 e. The summed E-state index contributed by atoms with van der Waals surface area (Å²) in [6, 6.07) is 13.4. The Bertz CT molecular complexity index is 1220. The van der Waals surface area contributed by atoms with Crippen LogP contribution in [0, 0.1) is 0 Å². The number of pyridine rings is 1. The molecule has 3 aromatic heterocycles. The SMILES string of the molecule is CN(C)c1ccc2nnc(C3CCN(C(=O)c4ccc5ncccc5c4)CC3)n2n1. The zero-order valence-electron chi connectivity index (χ0n) is 17.1. The molecule has 152 valence electrons. The number of piperidine rings is 1. The first-order chi connectivity index (χ1) is 14.6. The number of carbonyl (C=O) groups is 1. The Morgan fingerprint density at radius 3 is 2.70 bits per heavy atom. The van der Waals surface area contributed by atoms with E-state index in [2.05, 4.69) is 20.3 Å². The van der Waals surface area contributed by atoms with Crippen molar-refractivity contribution in [2.45, 2.75) is 18.8 Å². The summed E-state index contributed by atoms with van der Waals surface area (Å²) < 4.78 is 1.84. The lowest BCUT2D eigenvalue weighted by atomic mass is 9.95. The van der Waals surface area contributed by atoms with Gasteiger partial charge in [-0.05, 0) is 49.2 Å². The molecule has 8 nitrogen and oxygen atoms in total. The number of likely N-dealkylation sites (tertiary alicyclic amines) is 1. The molecule has 0 radical (unpaired) electrons. The van der Waals surface area contributed by atoms with Gasteiger partial charge in [0.25, 0.3) is 5.91 Å². The van der Waals surface area contributed by atoms with Crippen molar-refractivity contribution in [3.05, 3.63) is 60.0 Å². The molecular weight excluding hydrogens is 378 g/mol. The van der Waals surface area contributed by atoms with Crippen molar-refractivity contribution >= 4 is 28.3 Å². The first kappa shape index (κ1) is 18.5. The van der Waals surface area contributed by atoms with Gasteiger partial charge in [0.1, 0.15) is 5.82 Å². The number of anilines is 1. The van der Waals surface area contributed by atoms with E-state index >= 15 is 0 Å². The Kier molecular flexibility index (Phi) is 4.54. The van der Waals surface area contributed by atoms with Gasteiger partial charge in [-0.15, -0.1) is 15.3 Å². The third kappa shape index (κ3) is 3.24. The second-order valence-electron chi connectivity index (χ2n) is 7.89. The smallest absolute Gasteiger partial charge is 0.253 e. The highest BCUT2D eigenvalue weighted by molar-refractivity contribution is 5.98. The van der Waals surface area contributed by atoms with Crippen molar-refractivity contribution in [3.63, 3.8) is 0 Å². The van der Waals surface area contributed by atoms with Crippen molar-refractivity contribution in [1.82, 2.24) is 29.7 Å². The van der Waals surface area contributed by atoms with Crippen molar-refractivity contribution in [2.75, 3.05) is 32.1 Å². The van der Waals surface area contributed by atoms with Crippen molar-refractivity contribution in [3.8, 4) is 0 Å². The molecule has 1 fully saturated rings. The monoisotopic (exact) mass is 401 g/mol. The largest absolute Gasteiger partial charge is 0.361 e. The highest BCUT2D eigenvalue weighted by Gasteiger charge is 2.28. The van der Waals surface area contributed by atoms with Crippen LogP contribution < -0.4 is 4.90 Å². The molecule has 30 heavy (non-hydrogen) atoms. The van der Waals surface area contributed by atoms with Crippen LogP contribution in [-0.2, 0) is 0 Å². The molecule has 0 N–H and O–H groups in total. The molecule has 1 aromatic carbocycles. The van der Waals surface area contributed by atoms with Gasteiger partial charge in [-0.1, -0.05) is 6.07 Å². The summed E-state index contributed by atoms with van der Waals surface area (Å²) in [5, 5.41) is 14.3. The van der Waals surface area contributed by atoms with Gasteiger partial charge in [0.15, 0.2) is 11.5 Å². The molecule has 0 saturated carbocycles. The minimum atomic E-state index is 0.0679. The number of aromatic nitrogens is 5.